The van der Waals surface area contributed by atoms with Crippen LogP contribution < -0.4 is 0 Å². The third kappa shape index (κ3) is 3.06. The van der Waals surface area contributed by atoms with E-state index >= 15 is 0 Å². The summed E-state index contributed by atoms with van der Waals surface area (Å²) in [5.74, 6) is 0. The van der Waals surface area contributed by atoms with Crippen LogP contribution in [0.15, 0.2) is 138 Å². The van der Waals surface area contributed by atoms with Gasteiger partial charge in [-0.15, -0.1) is 0 Å². The van der Waals surface area contributed by atoms with Crippen molar-refractivity contribution < 1.29 is 4.42 Å². The molecule has 38 heavy (non-hydrogen) atoms. The molecule has 178 valence electrons. The van der Waals surface area contributed by atoms with Gasteiger partial charge in [-0.3, -0.25) is 4.98 Å². The zero-order chi connectivity index (χ0) is 25.1. The van der Waals surface area contributed by atoms with Gasteiger partial charge in [-0.05, 0) is 53.6 Å². The number of aromatic nitrogens is 2. The first-order valence-electron chi connectivity index (χ1n) is 12.8. The molecule has 0 saturated heterocycles. The average molecular weight is 487 g/mol. The lowest BCUT2D eigenvalue weighted by Crippen LogP contribution is -1.94. The van der Waals surface area contributed by atoms with Gasteiger partial charge in [0.05, 0.1) is 22.1 Å². The lowest BCUT2D eigenvalue weighted by atomic mass is 9.97. The van der Waals surface area contributed by atoms with E-state index in [1.807, 2.05) is 24.4 Å². The highest BCUT2D eigenvalue weighted by molar-refractivity contribution is 6.27. The van der Waals surface area contributed by atoms with Crippen LogP contribution in [-0.4, -0.2) is 9.55 Å². The minimum atomic E-state index is 0.901. The van der Waals surface area contributed by atoms with E-state index < -0.39 is 0 Å². The summed E-state index contributed by atoms with van der Waals surface area (Å²) in [6.07, 6.45) is 1.84. The third-order valence-corrected chi connectivity index (χ3v) is 7.44. The Morgan fingerprint density at radius 2 is 1.32 bits per heavy atom. The molecule has 3 heteroatoms. The Hall–Kier alpha value is -5.15. The normalized spacial score (nSPS) is 11.7. The number of fused-ring (bicyclic) bond motifs is 7. The third-order valence-electron chi connectivity index (χ3n) is 7.44. The maximum Gasteiger partial charge on any atom is 0.146 e. The average Bonchev–Trinajstić information content (AvgIpc) is 3.53. The molecule has 8 aromatic rings. The number of rotatable bonds is 3. The first-order valence-corrected chi connectivity index (χ1v) is 12.8. The number of furan rings is 1. The standard InChI is InChI=1S/C35H22N2O/c1-3-11-23(12-4-1)28-22-31-34(35-33(28)27-15-7-8-17-32(27)38-35)26-19-18-24(29-16-9-10-20-36-29)21-30(26)37(31)25-13-5-2-6-14-25/h1-22H. The Labute approximate surface area is 219 Å². The van der Waals surface area contributed by atoms with Gasteiger partial charge in [0.15, 0.2) is 0 Å². The maximum atomic E-state index is 6.67. The zero-order valence-electron chi connectivity index (χ0n) is 20.5. The minimum Gasteiger partial charge on any atom is -0.455 e. The van der Waals surface area contributed by atoms with Crippen molar-refractivity contribution in [3.63, 3.8) is 0 Å². The van der Waals surface area contributed by atoms with Gasteiger partial charge in [0.25, 0.3) is 0 Å². The van der Waals surface area contributed by atoms with Gasteiger partial charge in [-0.1, -0.05) is 84.9 Å². The van der Waals surface area contributed by atoms with E-state index in [4.69, 9.17) is 4.42 Å². The lowest BCUT2D eigenvalue weighted by Gasteiger charge is -2.10. The maximum absolute atomic E-state index is 6.67. The highest BCUT2D eigenvalue weighted by Gasteiger charge is 2.22. The second kappa shape index (κ2) is 8.19. The van der Waals surface area contributed by atoms with Crippen LogP contribution in [0.1, 0.15) is 0 Å². The molecule has 0 bridgehead atoms. The number of hydrogen-bond donors (Lipinski definition) is 0. The Kier molecular flexibility index (Phi) is 4.52. The summed E-state index contributed by atoms with van der Waals surface area (Å²) in [4.78, 5) is 4.62. The molecule has 0 aliphatic rings. The van der Waals surface area contributed by atoms with E-state index in [9.17, 15) is 0 Å². The van der Waals surface area contributed by atoms with Crippen LogP contribution >= 0.6 is 0 Å². The molecule has 3 nitrogen and oxygen atoms in total. The second-order valence-electron chi connectivity index (χ2n) is 9.60. The fourth-order valence-corrected chi connectivity index (χ4v) is 5.77. The van der Waals surface area contributed by atoms with E-state index in [1.54, 1.807) is 0 Å². The smallest absolute Gasteiger partial charge is 0.146 e. The van der Waals surface area contributed by atoms with E-state index in [0.29, 0.717) is 0 Å². The summed E-state index contributed by atoms with van der Waals surface area (Å²) in [6, 6.07) is 44.5. The zero-order valence-corrected chi connectivity index (χ0v) is 20.5. The summed E-state index contributed by atoms with van der Waals surface area (Å²) >= 11 is 0. The minimum absolute atomic E-state index is 0.901. The Bertz CT molecular complexity index is 2100. The molecule has 0 amide bonds. The van der Waals surface area contributed by atoms with Crippen LogP contribution in [0.4, 0.5) is 0 Å². The van der Waals surface area contributed by atoms with Gasteiger partial charge < -0.3 is 8.98 Å². The van der Waals surface area contributed by atoms with Crippen LogP contribution in [0.25, 0.3) is 71.8 Å². The lowest BCUT2D eigenvalue weighted by molar-refractivity contribution is 0.673. The molecule has 3 aromatic heterocycles. The van der Waals surface area contributed by atoms with Gasteiger partial charge in [0, 0.05) is 33.6 Å². The first-order chi connectivity index (χ1) is 18.9. The van der Waals surface area contributed by atoms with Gasteiger partial charge in [0.2, 0.25) is 0 Å². The molecule has 0 saturated carbocycles. The Morgan fingerprint density at radius 1 is 0.553 bits per heavy atom. The summed E-state index contributed by atoms with van der Waals surface area (Å²) in [6.45, 7) is 0. The molecular weight excluding hydrogens is 464 g/mol. The molecule has 0 radical (unpaired) electrons. The van der Waals surface area contributed by atoms with Gasteiger partial charge in [-0.25, -0.2) is 0 Å². The predicted molar refractivity (Wildman–Crippen MR) is 157 cm³/mol. The molecule has 0 spiro atoms. The van der Waals surface area contributed by atoms with Crippen molar-refractivity contribution in [1.29, 1.82) is 0 Å². The second-order valence-corrected chi connectivity index (χ2v) is 9.60. The van der Waals surface area contributed by atoms with Crippen molar-refractivity contribution in [2.24, 2.45) is 0 Å². The summed E-state index contributed by atoms with van der Waals surface area (Å²) in [5, 5.41) is 4.57. The highest BCUT2D eigenvalue weighted by Crippen LogP contribution is 2.45. The quantitative estimate of drug-likeness (QED) is 0.249. The molecule has 0 atom stereocenters. The van der Waals surface area contributed by atoms with Crippen LogP contribution in [0.5, 0.6) is 0 Å². The molecule has 0 aliphatic heterocycles. The van der Waals surface area contributed by atoms with E-state index in [0.717, 1.165) is 60.7 Å². The fourth-order valence-electron chi connectivity index (χ4n) is 5.77. The first kappa shape index (κ1) is 21.0. The van der Waals surface area contributed by atoms with Crippen LogP contribution in [0.2, 0.25) is 0 Å². The highest BCUT2D eigenvalue weighted by atomic mass is 16.3. The van der Waals surface area contributed by atoms with Gasteiger partial charge in [0.1, 0.15) is 11.2 Å². The monoisotopic (exact) mass is 486 g/mol. The van der Waals surface area contributed by atoms with Crippen molar-refractivity contribution in [2.75, 3.05) is 0 Å². The SMILES string of the molecule is c1ccc(-c2cc3c(c4ccc(-c5ccccn5)cc4n3-c3ccccc3)c3oc4ccccc4c23)cc1. The molecule has 3 heterocycles. The molecule has 0 fully saturated rings. The van der Waals surface area contributed by atoms with Crippen LogP contribution in [-0.2, 0) is 0 Å². The Morgan fingerprint density at radius 3 is 2.13 bits per heavy atom. The molecular formula is C35H22N2O. The molecule has 5 aromatic carbocycles. The van der Waals surface area contributed by atoms with Gasteiger partial charge >= 0.3 is 0 Å². The van der Waals surface area contributed by atoms with Crippen molar-refractivity contribution >= 4 is 43.7 Å². The van der Waals surface area contributed by atoms with Crippen molar-refractivity contribution in [2.45, 2.75) is 0 Å². The number of hydrogen-bond acceptors (Lipinski definition) is 2. The van der Waals surface area contributed by atoms with Gasteiger partial charge in [-0.2, -0.15) is 0 Å². The number of benzene rings is 5. The summed E-state index contributed by atoms with van der Waals surface area (Å²) in [5.41, 5.74) is 9.57. The van der Waals surface area contributed by atoms with E-state index in [-0.39, 0.29) is 0 Å². The Balaban J connectivity index is 1.59. The van der Waals surface area contributed by atoms with Crippen molar-refractivity contribution in [3.8, 4) is 28.1 Å². The predicted octanol–water partition coefficient (Wildman–Crippen LogP) is 9.41. The molecule has 8 rings (SSSR count). The molecule has 0 unspecified atom stereocenters. The number of pyridine rings is 1. The fraction of sp³-hybridized carbons (Fsp3) is 0. The molecule has 0 aliphatic carbocycles. The van der Waals surface area contributed by atoms with Crippen LogP contribution in [0, 0.1) is 0 Å². The molecule has 0 N–H and O–H groups in total. The largest absolute Gasteiger partial charge is 0.455 e. The van der Waals surface area contributed by atoms with Crippen LogP contribution in [0.3, 0.4) is 0 Å². The van der Waals surface area contributed by atoms with Crippen molar-refractivity contribution in [1.82, 2.24) is 9.55 Å². The van der Waals surface area contributed by atoms with E-state index in [1.165, 1.54) is 11.1 Å². The number of para-hydroxylation sites is 2. The summed E-state index contributed by atoms with van der Waals surface area (Å²) < 4.78 is 9.03. The number of nitrogens with zero attached hydrogens (tertiary/aromatic N) is 2. The van der Waals surface area contributed by atoms with Crippen molar-refractivity contribution in [3.05, 3.63) is 134 Å². The summed E-state index contributed by atoms with van der Waals surface area (Å²) in [7, 11) is 0. The van der Waals surface area contributed by atoms with E-state index in [2.05, 4.69) is 119 Å². The topological polar surface area (TPSA) is 31.0 Å².